The molecule has 0 bridgehead atoms. The van der Waals surface area contributed by atoms with Crippen LogP contribution in [0.25, 0.3) is 22.3 Å². The lowest BCUT2D eigenvalue weighted by Gasteiger charge is -2.27. The van der Waals surface area contributed by atoms with E-state index in [0.717, 1.165) is 19.0 Å². The van der Waals surface area contributed by atoms with E-state index in [0.29, 0.717) is 12.4 Å². The molecule has 45 heavy (non-hydrogen) atoms. The fourth-order valence-corrected chi connectivity index (χ4v) is 10.1. The molecule has 0 spiro atoms. The maximum atomic E-state index is 12.9. The number of fused-ring (bicyclic) bond motifs is 1. The number of aromatic hydroxyl groups is 4. The molecule has 0 unspecified atom stereocenters. The molecule has 0 radical (unpaired) electrons. The summed E-state index contributed by atoms with van der Waals surface area (Å²) in [7, 11) is -1.96. The number of rotatable bonds is 10. The van der Waals surface area contributed by atoms with Crippen molar-refractivity contribution in [3.8, 4) is 40.1 Å². The van der Waals surface area contributed by atoms with Crippen LogP contribution in [0.1, 0.15) is 12.8 Å². The van der Waals surface area contributed by atoms with Gasteiger partial charge in [-0.05, 0) is 67.4 Å². The number of hydrogen-bond donors (Lipinski definition) is 4. The summed E-state index contributed by atoms with van der Waals surface area (Å²) < 4.78 is 11.8. The predicted molar refractivity (Wildman–Crippen MR) is 179 cm³/mol. The van der Waals surface area contributed by atoms with Gasteiger partial charge in [-0.1, -0.05) is 54.6 Å². The van der Waals surface area contributed by atoms with Gasteiger partial charge in [0.15, 0.2) is 17.3 Å². The van der Waals surface area contributed by atoms with Crippen LogP contribution in [0.5, 0.6) is 28.7 Å². The lowest BCUT2D eigenvalue weighted by Crippen LogP contribution is -2.33. The average molecular weight is 620 g/mol. The minimum absolute atomic E-state index is 0.0116. The Hall–Kier alpha value is -5.26. The van der Waals surface area contributed by atoms with Crippen molar-refractivity contribution in [2.45, 2.75) is 12.8 Å². The molecule has 0 aliphatic rings. The zero-order valence-corrected chi connectivity index (χ0v) is 25.2. The third-order valence-corrected chi connectivity index (χ3v) is 12.4. The monoisotopic (exact) mass is 619 g/mol. The fourth-order valence-electron chi connectivity index (χ4n) is 5.73. The van der Waals surface area contributed by atoms with Crippen LogP contribution in [0.3, 0.4) is 0 Å². The topological polar surface area (TPSA) is 120 Å². The molecule has 226 valence electrons. The summed E-state index contributed by atoms with van der Waals surface area (Å²) in [4.78, 5) is 12.9. The molecule has 1 heterocycles. The Kier molecular flexibility index (Phi) is 8.45. The Morgan fingerprint density at radius 3 is 1.76 bits per heavy atom. The van der Waals surface area contributed by atoms with Crippen LogP contribution in [0.4, 0.5) is 0 Å². The highest BCUT2D eigenvalue weighted by atomic mass is 31.2. The second kappa shape index (κ2) is 12.8. The van der Waals surface area contributed by atoms with E-state index in [4.69, 9.17) is 9.15 Å². The molecule has 0 saturated heterocycles. The quantitative estimate of drug-likeness (QED) is 0.0792. The zero-order chi connectivity index (χ0) is 31.4. The van der Waals surface area contributed by atoms with Gasteiger partial charge in [-0.3, -0.25) is 4.79 Å². The smallest absolute Gasteiger partial charge is 0.238 e. The van der Waals surface area contributed by atoms with Crippen molar-refractivity contribution < 1.29 is 29.6 Å². The van der Waals surface area contributed by atoms with Gasteiger partial charge in [-0.15, -0.1) is 0 Å². The maximum Gasteiger partial charge on any atom is 0.238 e. The van der Waals surface area contributed by atoms with Crippen LogP contribution >= 0.6 is 7.26 Å². The van der Waals surface area contributed by atoms with Crippen LogP contribution in [-0.4, -0.2) is 33.2 Å². The van der Waals surface area contributed by atoms with Gasteiger partial charge in [0.2, 0.25) is 11.2 Å². The largest absolute Gasteiger partial charge is 0.507 e. The number of phenols is 3. The van der Waals surface area contributed by atoms with Crippen LogP contribution in [0.15, 0.2) is 131 Å². The molecule has 5 aromatic carbocycles. The summed E-state index contributed by atoms with van der Waals surface area (Å²) in [5.41, 5.74) is -0.641. The Morgan fingerprint density at radius 1 is 0.622 bits per heavy atom. The molecule has 6 aromatic rings. The molecular formula is C37H32O7P+. The summed E-state index contributed by atoms with van der Waals surface area (Å²) in [5.74, 6) is -1.79. The molecule has 6 rings (SSSR count). The molecule has 0 saturated carbocycles. The Morgan fingerprint density at radius 2 is 1.20 bits per heavy atom. The molecule has 0 fully saturated rings. The summed E-state index contributed by atoms with van der Waals surface area (Å²) in [6.45, 7) is 0.365. The Labute approximate surface area is 260 Å². The highest BCUT2D eigenvalue weighted by Gasteiger charge is 2.44. The first-order chi connectivity index (χ1) is 21.9. The van der Waals surface area contributed by atoms with E-state index in [1.807, 2.05) is 18.2 Å². The Bertz CT molecular complexity index is 1900. The van der Waals surface area contributed by atoms with E-state index >= 15 is 0 Å². The van der Waals surface area contributed by atoms with Crippen molar-refractivity contribution >= 4 is 34.1 Å². The second-order valence-electron chi connectivity index (χ2n) is 10.7. The van der Waals surface area contributed by atoms with Gasteiger partial charge in [0.25, 0.3) is 0 Å². The molecule has 4 N–H and O–H groups in total. The maximum absolute atomic E-state index is 12.9. The highest BCUT2D eigenvalue weighted by molar-refractivity contribution is 7.95. The summed E-state index contributed by atoms with van der Waals surface area (Å²) in [6.07, 6.45) is 2.56. The van der Waals surface area contributed by atoms with Gasteiger partial charge in [0.05, 0.1) is 12.8 Å². The van der Waals surface area contributed by atoms with Gasteiger partial charge in [-0.2, -0.15) is 0 Å². The summed E-state index contributed by atoms with van der Waals surface area (Å²) in [5, 5.41) is 44.5. The molecular weight excluding hydrogens is 587 g/mol. The van der Waals surface area contributed by atoms with Crippen molar-refractivity contribution in [3.63, 3.8) is 0 Å². The molecule has 0 amide bonds. The third kappa shape index (κ3) is 5.83. The number of hydrogen-bond acceptors (Lipinski definition) is 7. The van der Waals surface area contributed by atoms with E-state index < -0.39 is 24.2 Å². The molecule has 7 nitrogen and oxygen atoms in total. The van der Waals surface area contributed by atoms with Crippen molar-refractivity contribution in [2.24, 2.45) is 0 Å². The van der Waals surface area contributed by atoms with Gasteiger partial charge in [0.1, 0.15) is 45.6 Å². The minimum atomic E-state index is -1.96. The summed E-state index contributed by atoms with van der Waals surface area (Å²) in [6, 6.07) is 38.7. The fraction of sp³-hybridized carbons (Fsp3) is 0.108. The first-order valence-corrected chi connectivity index (χ1v) is 16.6. The number of ether oxygens (including phenoxy) is 1. The van der Waals surface area contributed by atoms with E-state index in [2.05, 4.69) is 72.8 Å². The lowest BCUT2D eigenvalue weighted by atomic mass is 10.1. The van der Waals surface area contributed by atoms with E-state index in [9.17, 15) is 25.2 Å². The summed E-state index contributed by atoms with van der Waals surface area (Å²) >= 11 is 0. The SMILES string of the molecule is O=c1c(O)c(-c2ccc(O)c(O)c2)oc2cc(OCCCC[P+](c3ccccc3)(c3ccccc3)c3ccccc3)cc(O)c12. The van der Waals surface area contributed by atoms with E-state index in [1.54, 1.807) is 0 Å². The standard InChI is InChI=1S/C37H31O7P/c38-30-19-18-25(22-31(30)39)37-36(42)35(41)34-32(40)23-26(24-33(34)44-37)43-20-10-11-21-45(27-12-4-1-5-13-27,28-14-6-2-7-15-28)29-16-8-3-9-17-29/h1-9,12-19,22-24H,10-11,20-21H2,(H3-,38,39,40,41,42)/p+1. The molecule has 0 aliphatic heterocycles. The van der Waals surface area contributed by atoms with E-state index in [-0.39, 0.29) is 33.8 Å². The Balaban J connectivity index is 1.24. The number of unbranched alkanes of at least 4 members (excludes halogenated alkanes) is 1. The van der Waals surface area contributed by atoms with Crippen LogP contribution in [0, 0.1) is 0 Å². The van der Waals surface area contributed by atoms with Crippen LogP contribution < -0.4 is 26.1 Å². The zero-order valence-electron chi connectivity index (χ0n) is 24.3. The van der Waals surface area contributed by atoms with Gasteiger partial charge in [0, 0.05) is 17.7 Å². The first kappa shape index (κ1) is 29.8. The molecule has 0 atom stereocenters. The van der Waals surface area contributed by atoms with E-state index in [1.165, 1.54) is 46.2 Å². The lowest BCUT2D eigenvalue weighted by molar-refractivity contribution is 0.308. The van der Waals surface area contributed by atoms with Crippen molar-refractivity contribution in [1.29, 1.82) is 0 Å². The van der Waals surface area contributed by atoms with Gasteiger partial charge < -0.3 is 29.6 Å². The minimum Gasteiger partial charge on any atom is -0.507 e. The van der Waals surface area contributed by atoms with Gasteiger partial charge in [-0.25, -0.2) is 0 Å². The molecule has 0 aliphatic carbocycles. The third-order valence-electron chi connectivity index (χ3n) is 7.91. The number of phenolic OH excluding ortho intramolecular Hbond substituents is 3. The van der Waals surface area contributed by atoms with Gasteiger partial charge >= 0.3 is 0 Å². The average Bonchev–Trinajstić information content (AvgIpc) is 3.07. The van der Waals surface area contributed by atoms with Crippen molar-refractivity contribution in [2.75, 3.05) is 12.8 Å². The molecule has 8 heteroatoms. The van der Waals surface area contributed by atoms with Crippen LogP contribution in [-0.2, 0) is 0 Å². The normalized spacial score (nSPS) is 11.5. The van der Waals surface area contributed by atoms with Crippen LogP contribution in [0.2, 0.25) is 0 Å². The predicted octanol–water partition coefficient (Wildman–Crippen LogP) is 6.44. The highest BCUT2D eigenvalue weighted by Crippen LogP contribution is 2.56. The number of benzene rings is 5. The first-order valence-electron chi connectivity index (χ1n) is 14.6. The van der Waals surface area contributed by atoms with Crippen molar-refractivity contribution in [1.82, 2.24) is 0 Å². The van der Waals surface area contributed by atoms with Crippen molar-refractivity contribution in [3.05, 3.63) is 132 Å². The molecule has 1 aromatic heterocycles. The second-order valence-corrected chi connectivity index (χ2v) is 14.3.